The van der Waals surface area contributed by atoms with E-state index in [1.165, 1.54) is 7.11 Å². The van der Waals surface area contributed by atoms with E-state index in [0.717, 1.165) is 16.5 Å². The Morgan fingerprint density at radius 3 is 2.67 bits per heavy atom. The maximum atomic E-state index is 12.1. The minimum Gasteiger partial charge on any atom is -0.468 e. The average Bonchev–Trinajstić information content (AvgIpc) is 2.95. The summed E-state index contributed by atoms with van der Waals surface area (Å²) >= 11 is 0. The van der Waals surface area contributed by atoms with E-state index in [1.54, 1.807) is 0 Å². The summed E-state index contributed by atoms with van der Waals surface area (Å²) in [5, 5.41) is 4.32. The maximum Gasteiger partial charge on any atom is 0.323 e. The molecular formula is C18H28N2O3Si. The van der Waals surface area contributed by atoms with Crippen molar-refractivity contribution in [1.29, 1.82) is 0 Å². The Morgan fingerprint density at radius 1 is 1.29 bits per heavy atom. The number of aromatic amines is 1. The number of hydrogen-bond donors (Lipinski definition) is 2. The smallest absolute Gasteiger partial charge is 0.323 e. The molecule has 2 atom stereocenters. The first-order chi connectivity index (χ1) is 11.3. The van der Waals surface area contributed by atoms with Crippen molar-refractivity contribution < 1.29 is 14.3 Å². The fourth-order valence-electron chi connectivity index (χ4n) is 2.43. The molecule has 5 nitrogen and oxygen atoms in total. The normalized spacial score (nSPS) is 14.5. The minimum atomic E-state index is -1.35. The molecule has 0 amide bonds. The van der Waals surface area contributed by atoms with Gasteiger partial charge in [0, 0.05) is 29.2 Å². The molecule has 0 aliphatic carbocycles. The summed E-state index contributed by atoms with van der Waals surface area (Å²) in [5.74, 6) is -0.274. The summed E-state index contributed by atoms with van der Waals surface area (Å²) in [4.78, 5) is 15.3. The van der Waals surface area contributed by atoms with E-state index in [9.17, 15) is 4.79 Å². The van der Waals surface area contributed by atoms with Crippen molar-refractivity contribution >= 4 is 24.9 Å². The highest BCUT2D eigenvalue weighted by Crippen LogP contribution is 2.19. The van der Waals surface area contributed by atoms with E-state index < -0.39 is 14.1 Å². The molecule has 1 heterocycles. The molecule has 0 aliphatic heterocycles. The molecule has 1 aromatic carbocycles. The van der Waals surface area contributed by atoms with Crippen LogP contribution in [-0.4, -0.2) is 44.6 Å². The van der Waals surface area contributed by atoms with Gasteiger partial charge in [0.1, 0.15) is 6.04 Å². The first-order valence-corrected chi connectivity index (χ1v) is 11.9. The molecule has 0 bridgehead atoms. The van der Waals surface area contributed by atoms with Crippen LogP contribution in [-0.2, 0) is 20.7 Å². The van der Waals surface area contributed by atoms with Gasteiger partial charge in [-0.3, -0.25) is 10.1 Å². The van der Waals surface area contributed by atoms with Gasteiger partial charge in [-0.2, -0.15) is 0 Å². The number of para-hydroxylation sites is 1. The van der Waals surface area contributed by atoms with E-state index in [0.29, 0.717) is 13.2 Å². The lowest BCUT2D eigenvalue weighted by Gasteiger charge is -2.26. The zero-order valence-corrected chi connectivity index (χ0v) is 16.2. The highest BCUT2D eigenvalue weighted by molar-refractivity contribution is 6.77. The lowest BCUT2D eigenvalue weighted by atomic mass is 10.1. The largest absolute Gasteiger partial charge is 0.468 e. The van der Waals surface area contributed by atoms with E-state index in [4.69, 9.17) is 9.47 Å². The Kier molecular flexibility index (Phi) is 6.20. The van der Waals surface area contributed by atoms with Crippen molar-refractivity contribution in [2.75, 3.05) is 13.8 Å². The molecule has 2 unspecified atom stereocenters. The lowest BCUT2D eigenvalue weighted by Crippen LogP contribution is -2.44. The Labute approximate surface area is 144 Å². The molecule has 0 radical (unpaired) electrons. The van der Waals surface area contributed by atoms with Gasteiger partial charge in [0.15, 0.2) is 0 Å². The van der Waals surface area contributed by atoms with E-state index >= 15 is 0 Å². The Balaban J connectivity index is 2.02. The molecule has 2 rings (SSSR count). The fraction of sp³-hybridized carbons (Fsp3) is 0.500. The van der Waals surface area contributed by atoms with Gasteiger partial charge in [0.2, 0.25) is 0 Å². The van der Waals surface area contributed by atoms with Crippen LogP contribution in [0, 0.1) is 0 Å². The topological polar surface area (TPSA) is 63.4 Å². The van der Waals surface area contributed by atoms with Crippen molar-refractivity contribution in [1.82, 2.24) is 10.3 Å². The van der Waals surface area contributed by atoms with Crippen LogP contribution >= 0.6 is 0 Å². The molecule has 0 fully saturated rings. The summed E-state index contributed by atoms with van der Waals surface area (Å²) in [6.45, 7) is 9.23. The van der Waals surface area contributed by atoms with Crippen molar-refractivity contribution in [3.8, 4) is 0 Å². The van der Waals surface area contributed by atoms with Crippen LogP contribution in [0.3, 0.4) is 0 Å². The lowest BCUT2D eigenvalue weighted by molar-refractivity contribution is -0.143. The molecule has 2 aromatic rings. The number of carbonyl (C=O) groups is 1. The average molecular weight is 349 g/mol. The van der Waals surface area contributed by atoms with Gasteiger partial charge >= 0.3 is 5.97 Å². The fourth-order valence-corrected chi connectivity index (χ4v) is 3.01. The number of methoxy groups -OCH3 is 1. The second-order valence-corrected chi connectivity index (χ2v) is 12.7. The number of ether oxygens (including phenoxy) is 2. The number of nitrogens with one attached hydrogen (secondary N) is 2. The van der Waals surface area contributed by atoms with Crippen molar-refractivity contribution in [3.05, 3.63) is 36.0 Å². The standard InChI is InChI=1S/C18H28N2O3Si/c1-13(24(3,4)5)23-12-20-17(18(21)22-2)10-14-11-19-16-9-7-6-8-15(14)16/h6-9,11,13,17,19-20H,10,12H2,1-5H3. The zero-order valence-electron chi connectivity index (χ0n) is 15.2. The van der Waals surface area contributed by atoms with Gasteiger partial charge in [0.05, 0.1) is 21.9 Å². The zero-order chi connectivity index (χ0) is 17.7. The highest BCUT2D eigenvalue weighted by atomic mass is 28.3. The molecule has 0 saturated heterocycles. The van der Waals surface area contributed by atoms with Crippen LogP contribution in [0.2, 0.25) is 19.6 Å². The van der Waals surface area contributed by atoms with Crippen LogP contribution in [0.25, 0.3) is 10.9 Å². The van der Waals surface area contributed by atoms with Gasteiger partial charge in [-0.05, 0) is 18.6 Å². The molecule has 6 heteroatoms. The molecular weight excluding hydrogens is 320 g/mol. The molecule has 1 aromatic heterocycles. The first-order valence-electron chi connectivity index (χ1n) is 8.30. The Bertz CT molecular complexity index is 678. The second-order valence-electron chi connectivity index (χ2n) is 7.16. The van der Waals surface area contributed by atoms with Crippen LogP contribution in [0.5, 0.6) is 0 Å². The van der Waals surface area contributed by atoms with Crippen molar-refractivity contribution in [3.63, 3.8) is 0 Å². The van der Waals surface area contributed by atoms with Crippen LogP contribution in [0.15, 0.2) is 30.5 Å². The number of rotatable bonds is 8. The van der Waals surface area contributed by atoms with Gasteiger partial charge < -0.3 is 14.5 Å². The summed E-state index contributed by atoms with van der Waals surface area (Å²) in [7, 11) is 0.0634. The Hall–Kier alpha value is -1.63. The van der Waals surface area contributed by atoms with Crippen molar-refractivity contribution in [2.24, 2.45) is 0 Å². The van der Waals surface area contributed by atoms with Crippen LogP contribution in [0.4, 0.5) is 0 Å². The second kappa shape index (κ2) is 7.96. The molecule has 132 valence electrons. The summed E-state index contributed by atoms with van der Waals surface area (Å²) in [5.41, 5.74) is 2.38. The third-order valence-electron chi connectivity index (χ3n) is 4.47. The molecule has 0 saturated carbocycles. The van der Waals surface area contributed by atoms with E-state index in [-0.39, 0.29) is 11.7 Å². The SMILES string of the molecule is COC(=O)C(Cc1c[nH]c2ccccc12)NCOC(C)[Si](C)(C)C. The number of esters is 1. The monoisotopic (exact) mass is 348 g/mol. The number of aromatic nitrogens is 1. The Morgan fingerprint density at radius 2 is 2.00 bits per heavy atom. The van der Waals surface area contributed by atoms with Gasteiger partial charge in [-0.15, -0.1) is 0 Å². The predicted molar refractivity (Wildman–Crippen MR) is 99.7 cm³/mol. The maximum absolute atomic E-state index is 12.1. The van der Waals surface area contributed by atoms with Crippen LogP contribution in [0.1, 0.15) is 12.5 Å². The third kappa shape index (κ3) is 4.69. The first kappa shape index (κ1) is 18.7. The van der Waals surface area contributed by atoms with Gasteiger partial charge in [-0.1, -0.05) is 37.8 Å². The van der Waals surface area contributed by atoms with Crippen LogP contribution < -0.4 is 5.32 Å². The summed E-state index contributed by atoms with van der Waals surface area (Å²) in [6, 6.07) is 7.64. The van der Waals surface area contributed by atoms with E-state index in [2.05, 4.69) is 42.9 Å². The predicted octanol–water partition coefficient (Wildman–Crippen LogP) is 3.08. The quantitative estimate of drug-likeness (QED) is 0.437. The summed E-state index contributed by atoms with van der Waals surface area (Å²) < 4.78 is 10.8. The summed E-state index contributed by atoms with van der Waals surface area (Å²) in [6.07, 6.45) is 2.51. The number of carbonyl (C=O) groups excluding carboxylic acids is 1. The minimum absolute atomic E-state index is 0.219. The van der Waals surface area contributed by atoms with Gasteiger partial charge in [0.25, 0.3) is 0 Å². The number of benzene rings is 1. The highest BCUT2D eigenvalue weighted by Gasteiger charge is 2.25. The molecule has 2 N–H and O–H groups in total. The molecule has 0 spiro atoms. The number of fused-ring (bicyclic) bond motifs is 1. The molecule has 0 aliphatic rings. The molecule has 24 heavy (non-hydrogen) atoms. The number of hydrogen-bond acceptors (Lipinski definition) is 4. The number of H-pyrrole nitrogens is 1. The van der Waals surface area contributed by atoms with E-state index in [1.807, 2.05) is 24.4 Å². The van der Waals surface area contributed by atoms with Crippen molar-refractivity contribution in [2.45, 2.75) is 44.8 Å². The van der Waals surface area contributed by atoms with Gasteiger partial charge in [-0.25, -0.2) is 0 Å². The third-order valence-corrected chi connectivity index (χ3v) is 7.07.